The zero-order chi connectivity index (χ0) is 52.8. The highest BCUT2D eigenvalue weighted by molar-refractivity contribution is 9.10. The SMILES string of the molecule is COc1cc(N2CCC(N3CCN(CC4CCN(c5ccc6c(c5)C(=O)N(C5CCC(=O)NC5=O)C6=O)CC4)CC3)CC2)c(-c2cnn(C)c2)cc1Nc1ncc(Br)c(Nc2ccc3nccnc3c2NS(C)(=O)=O)n1. The Morgan fingerprint density at radius 1 is 0.789 bits per heavy atom. The van der Waals surface area contributed by atoms with Crippen molar-refractivity contribution in [1.82, 2.24) is 49.7 Å². The zero-order valence-electron chi connectivity index (χ0n) is 42.3. The van der Waals surface area contributed by atoms with Gasteiger partial charge < -0.3 is 30.1 Å². The van der Waals surface area contributed by atoms with Crippen molar-refractivity contribution in [3.63, 3.8) is 0 Å². The van der Waals surface area contributed by atoms with Gasteiger partial charge in [-0.25, -0.2) is 13.4 Å². The number of benzene rings is 3. The van der Waals surface area contributed by atoms with E-state index in [0.29, 0.717) is 61.5 Å². The third kappa shape index (κ3) is 10.5. The molecule has 24 heteroatoms. The summed E-state index contributed by atoms with van der Waals surface area (Å²) in [7, 11) is -0.137. The summed E-state index contributed by atoms with van der Waals surface area (Å²) in [4.78, 5) is 80.1. The Kier molecular flexibility index (Phi) is 14.1. The lowest BCUT2D eigenvalue weighted by Gasteiger charge is -2.44. The Morgan fingerprint density at radius 3 is 2.26 bits per heavy atom. The molecule has 76 heavy (non-hydrogen) atoms. The number of anilines is 7. The quantitative estimate of drug-likeness (QED) is 0.100. The van der Waals surface area contributed by atoms with Crippen LogP contribution in [0.4, 0.5) is 40.2 Å². The third-order valence-electron chi connectivity index (χ3n) is 15.2. The van der Waals surface area contributed by atoms with Gasteiger partial charge in [-0.05, 0) is 90.4 Å². The van der Waals surface area contributed by atoms with Crippen molar-refractivity contribution in [3.05, 3.63) is 89.0 Å². The topological polar surface area (TPSA) is 245 Å². The number of sulfonamides is 1. The van der Waals surface area contributed by atoms with Gasteiger partial charge in [0.2, 0.25) is 27.8 Å². The van der Waals surface area contributed by atoms with Gasteiger partial charge in [-0.15, -0.1) is 0 Å². The molecule has 1 atom stereocenters. The number of piperidine rings is 3. The predicted molar refractivity (Wildman–Crippen MR) is 291 cm³/mol. The molecule has 0 spiro atoms. The van der Waals surface area contributed by atoms with E-state index in [1.165, 1.54) is 6.20 Å². The number of carbonyl (C=O) groups is 4. The van der Waals surface area contributed by atoms with E-state index >= 15 is 0 Å². The molecule has 3 aromatic carbocycles. The smallest absolute Gasteiger partial charge is 0.262 e. The van der Waals surface area contributed by atoms with Crippen molar-refractivity contribution in [2.75, 3.05) is 97.4 Å². The summed E-state index contributed by atoms with van der Waals surface area (Å²) in [6.45, 7) is 8.63. The second-order valence-electron chi connectivity index (χ2n) is 20.1. The highest BCUT2D eigenvalue weighted by Gasteiger charge is 2.45. The van der Waals surface area contributed by atoms with Crippen molar-refractivity contribution >= 4 is 101 Å². The lowest BCUT2D eigenvalue weighted by atomic mass is 9.95. The molecule has 3 aromatic heterocycles. The first kappa shape index (κ1) is 50.9. The van der Waals surface area contributed by atoms with Gasteiger partial charge in [-0.3, -0.25) is 53.7 Å². The molecule has 0 saturated carbocycles. The van der Waals surface area contributed by atoms with Crippen molar-refractivity contribution < 1.29 is 32.3 Å². The minimum atomic E-state index is -3.68. The number of rotatable bonds is 14. The number of carbonyl (C=O) groups excluding carboxylic acids is 4. The second kappa shape index (κ2) is 21.0. The van der Waals surface area contributed by atoms with Gasteiger partial charge in [0.15, 0.2) is 0 Å². The summed E-state index contributed by atoms with van der Waals surface area (Å²) in [5.41, 5.74) is 6.70. The molecule has 4 N–H and O–H groups in total. The van der Waals surface area contributed by atoms with Gasteiger partial charge in [0.05, 0.1) is 57.7 Å². The Hall–Kier alpha value is -7.28. The van der Waals surface area contributed by atoms with Crippen LogP contribution in [-0.4, -0.2) is 161 Å². The molecule has 396 valence electrons. The number of halogens is 1. The number of nitrogens with zero attached hydrogens (tertiary/aromatic N) is 11. The molecule has 0 aliphatic carbocycles. The van der Waals surface area contributed by atoms with Gasteiger partial charge in [0.25, 0.3) is 11.8 Å². The van der Waals surface area contributed by atoms with E-state index in [9.17, 15) is 27.6 Å². The van der Waals surface area contributed by atoms with Gasteiger partial charge in [0, 0.05) is 132 Å². The van der Waals surface area contributed by atoms with Crippen molar-refractivity contribution in [2.45, 2.75) is 50.6 Å². The number of imide groups is 2. The molecular weight excluding hydrogens is 1060 g/mol. The summed E-state index contributed by atoms with van der Waals surface area (Å²) in [5, 5.41) is 13.4. The van der Waals surface area contributed by atoms with Gasteiger partial charge in [0.1, 0.15) is 23.1 Å². The average molecular weight is 1120 g/mol. The van der Waals surface area contributed by atoms with Crippen LogP contribution in [0.15, 0.2) is 77.9 Å². The first-order valence-corrected chi connectivity index (χ1v) is 28.2. The number of nitrogens with one attached hydrogen (secondary N) is 4. The van der Waals surface area contributed by atoms with E-state index in [1.807, 2.05) is 31.6 Å². The minimum Gasteiger partial charge on any atom is -0.494 e. The monoisotopic (exact) mass is 1120 g/mol. The normalized spacial score (nSPS) is 19.3. The number of ether oxygens (including phenoxy) is 1. The zero-order valence-corrected chi connectivity index (χ0v) is 44.7. The van der Waals surface area contributed by atoms with Crippen LogP contribution in [0.1, 0.15) is 59.2 Å². The fraction of sp³-hybridized carbons (Fsp3) is 0.404. The third-order valence-corrected chi connectivity index (χ3v) is 16.3. The highest BCUT2D eigenvalue weighted by atomic mass is 79.9. The molecule has 0 radical (unpaired) electrons. The number of aromatic nitrogens is 6. The minimum absolute atomic E-state index is 0.0879. The largest absolute Gasteiger partial charge is 0.494 e. The Balaban J connectivity index is 0.701. The number of hydrogen-bond donors (Lipinski definition) is 4. The molecule has 5 aliphatic rings. The van der Waals surface area contributed by atoms with Crippen LogP contribution in [0.3, 0.4) is 0 Å². The van der Waals surface area contributed by atoms with Crippen molar-refractivity contribution in [2.24, 2.45) is 13.0 Å². The Labute approximate surface area is 447 Å². The van der Waals surface area contributed by atoms with Crippen LogP contribution in [0, 0.1) is 5.92 Å². The van der Waals surface area contributed by atoms with Crippen LogP contribution >= 0.6 is 15.9 Å². The molecule has 0 bridgehead atoms. The first-order valence-electron chi connectivity index (χ1n) is 25.5. The number of hydrogen-bond acceptors (Lipinski definition) is 18. The number of piperazine rings is 1. The van der Waals surface area contributed by atoms with E-state index in [-0.39, 0.29) is 24.5 Å². The molecule has 4 saturated heterocycles. The summed E-state index contributed by atoms with van der Waals surface area (Å²) in [5.74, 6) is -0.147. The van der Waals surface area contributed by atoms with Crippen LogP contribution in [0.5, 0.6) is 5.75 Å². The van der Waals surface area contributed by atoms with Gasteiger partial charge in [-0.2, -0.15) is 10.1 Å². The summed E-state index contributed by atoms with van der Waals surface area (Å²) in [6.07, 6.45) is 13.9. The van der Waals surface area contributed by atoms with Gasteiger partial charge >= 0.3 is 0 Å². The van der Waals surface area contributed by atoms with E-state index in [1.54, 1.807) is 48.5 Å². The molecular formula is C52H58BrN15O7S. The van der Waals surface area contributed by atoms with Crippen LogP contribution < -0.4 is 35.2 Å². The maximum absolute atomic E-state index is 13.5. The predicted octanol–water partition coefficient (Wildman–Crippen LogP) is 5.35. The van der Waals surface area contributed by atoms with Gasteiger partial charge in [-0.1, -0.05) is 0 Å². The standard InChI is InChI=1S/C52H58BrN15O7S/c1-63-30-32(27-57-63)36-25-41(59-52-56-28-38(53)48(61-52)58-40-7-6-39-46(55-15-14-54-39)47(40)62-76(3,73)74)44(75-2)26-43(36)67-18-12-33(13-19-67)66-22-20-64(21-23-66)29-31-10-16-65(17-11-31)34-4-5-35-37(24-34)51(72)68(50(35)71)42-8-9-45(69)60-49(42)70/h4-7,14-15,24-28,30-31,33,42,62H,8-13,16-23,29H2,1-3H3,(H,60,69,70)(H2,56,58,59,61). The Morgan fingerprint density at radius 2 is 1.54 bits per heavy atom. The molecule has 11 rings (SSSR count). The second-order valence-corrected chi connectivity index (χ2v) is 22.7. The summed E-state index contributed by atoms with van der Waals surface area (Å²) in [6, 6.07) is 12.5. The first-order chi connectivity index (χ1) is 36.7. The fourth-order valence-electron chi connectivity index (χ4n) is 11.3. The molecule has 4 fully saturated rings. The number of methoxy groups -OCH3 is 1. The van der Waals surface area contributed by atoms with Crippen LogP contribution in [-0.2, 0) is 26.7 Å². The van der Waals surface area contributed by atoms with Crippen LogP contribution in [0.25, 0.3) is 22.2 Å². The Bertz CT molecular complexity index is 3370. The fourth-order valence-corrected chi connectivity index (χ4v) is 12.1. The van der Waals surface area contributed by atoms with Crippen molar-refractivity contribution in [3.8, 4) is 16.9 Å². The molecule has 5 aliphatic heterocycles. The molecule has 8 heterocycles. The molecule has 4 amide bonds. The maximum Gasteiger partial charge on any atom is 0.262 e. The van der Waals surface area contributed by atoms with Crippen molar-refractivity contribution in [1.29, 1.82) is 0 Å². The lowest BCUT2D eigenvalue weighted by Crippen LogP contribution is -2.54. The van der Waals surface area contributed by atoms with Crippen LogP contribution in [0.2, 0.25) is 0 Å². The summed E-state index contributed by atoms with van der Waals surface area (Å²) >= 11 is 3.56. The van der Waals surface area contributed by atoms with E-state index in [4.69, 9.17) is 9.72 Å². The average Bonchev–Trinajstić information content (AvgIpc) is 3.98. The molecule has 22 nitrogen and oxygen atoms in total. The van der Waals surface area contributed by atoms with E-state index < -0.39 is 39.7 Å². The van der Waals surface area contributed by atoms with E-state index in [2.05, 4.69) is 82.3 Å². The highest BCUT2D eigenvalue weighted by Crippen LogP contribution is 2.42. The molecule has 6 aromatic rings. The molecule has 1 unspecified atom stereocenters. The van der Waals surface area contributed by atoms with E-state index in [0.717, 1.165) is 118 Å². The number of fused-ring (bicyclic) bond motifs is 2. The number of aryl methyl sites for hydroxylation is 1. The summed E-state index contributed by atoms with van der Waals surface area (Å²) < 4.78 is 35.9. The number of amides is 4. The maximum atomic E-state index is 13.5. The lowest BCUT2D eigenvalue weighted by molar-refractivity contribution is -0.136.